The second kappa shape index (κ2) is 9.75. The highest BCUT2D eigenvalue weighted by molar-refractivity contribution is 5.88. The molecule has 1 aliphatic heterocycles. The molecule has 2 heterocycles. The first-order valence-corrected chi connectivity index (χ1v) is 10.2. The summed E-state index contributed by atoms with van der Waals surface area (Å²) in [5.74, 6) is 0.731. The number of likely N-dealkylation sites (N-methyl/N-ethyl adjacent to an activating group) is 1. The van der Waals surface area contributed by atoms with Gasteiger partial charge in [0.15, 0.2) is 0 Å². The average molecular weight is 414 g/mol. The third kappa shape index (κ3) is 5.38. The molecule has 1 aromatic heterocycles. The summed E-state index contributed by atoms with van der Waals surface area (Å²) in [6, 6.07) is 5.57. The van der Waals surface area contributed by atoms with Crippen LogP contribution in [0.2, 0.25) is 0 Å². The Kier molecular flexibility index (Phi) is 7.10. The molecule has 1 unspecified atom stereocenters. The summed E-state index contributed by atoms with van der Waals surface area (Å²) >= 11 is 0. The molecule has 8 heteroatoms. The standard InChI is InChI=1S/C22H31N5O3/c1-16-11-17(5-6-20(16)30-4)15-27-10-8-23-22(29)19(27)12-21(28)25(2)9-7-18-13-24-26(3)14-18/h5-6,11,13-14,19H,7-10,12,15H2,1-4H3,(H,23,29). The second-order valence-electron chi connectivity index (χ2n) is 7.87. The van der Waals surface area contributed by atoms with Gasteiger partial charge in [-0.15, -0.1) is 0 Å². The molecule has 1 N–H and O–H groups in total. The summed E-state index contributed by atoms with van der Waals surface area (Å²) < 4.78 is 7.08. The van der Waals surface area contributed by atoms with Crippen LogP contribution in [-0.2, 0) is 29.6 Å². The topological polar surface area (TPSA) is 79.7 Å². The maximum Gasteiger partial charge on any atom is 0.237 e. The van der Waals surface area contributed by atoms with Gasteiger partial charge in [-0.25, -0.2) is 0 Å². The molecule has 2 aromatic rings. The number of benzene rings is 1. The molecule has 0 bridgehead atoms. The van der Waals surface area contributed by atoms with Crippen LogP contribution in [0.25, 0.3) is 0 Å². The van der Waals surface area contributed by atoms with Crippen LogP contribution in [0, 0.1) is 6.92 Å². The Labute approximate surface area is 177 Å². The Morgan fingerprint density at radius 1 is 1.37 bits per heavy atom. The Morgan fingerprint density at radius 3 is 2.83 bits per heavy atom. The van der Waals surface area contributed by atoms with E-state index < -0.39 is 6.04 Å². The quantitative estimate of drug-likeness (QED) is 0.702. The number of nitrogens with one attached hydrogen (secondary N) is 1. The maximum absolute atomic E-state index is 12.8. The summed E-state index contributed by atoms with van der Waals surface area (Å²) in [6.45, 7) is 4.53. The number of methoxy groups -OCH3 is 1. The lowest BCUT2D eigenvalue weighted by atomic mass is 10.0. The Bertz CT molecular complexity index is 895. The third-order valence-electron chi connectivity index (χ3n) is 5.57. The van der Waals surface area contributed by atoms with Gasteiger partial charge in [0.2, 0.25) is 11.8 Å². The van der Waals surface area contributed by atoms with Crippen molar-refractivity contribution in [2.24, 2.45) is 7.05 Å². The Balaban J connectivity index is 1.61. The van der Waals surface area contributed by atoms with Gasteiger partial charge >= 0.3 is 0 Å². The molecule has 30 heavy (non-hydrogen) atoms. The van der Waals surface area contributed by atoms with E-state index in [1.54, 1.807) is 23.7 Å². The van der Waals surface area contributed by atoms with Gasteiger partial charge in [0.05, 0.1) is 25.8 Å². The molecule has 1 fully saturated rings. The molecule has 0 spiro atoms. The van der Waals surface area contributed by atoms with Crippen molar-refractivity contribution in [2.75, 3.05) is 33.8 Å². The van der Waals surface area contributed by atoms with E-state index in [1.807, 2.05) is 38.5 Å². The highest BCUT2D eigenvalue weighted by atomic mass is 16.5. The third-order valence-corrected chi connectivity index (χ3v) is 5.57. The van der Waals surface area contributed by atoms with Gasteiger partial charge in [0, 0.05) is 46.5 Å². The van der Waals surface area contributed by atoms with Gasteiger partial charge in [-0.3, -0.25) is 19.2 Å². The zero-order valence-corrected chi connectivity index (χ0v) is 18.2. The van der Waals surface area contributed by atoms with Crippen molar-refractivity contribution in [1.29, 1.82) is 0 Å². The number of aryl methyl sites for hydroxylation is 2. The van der Waals surface area contributed by atoms with Crippen LogP contribution in [0.1, 0.15) is 23.1 Å². The maximum atomic E-state index is 12.8. The fourth-order valence-electron chi connectivity index (χ4n) is 3.79. The molecular formula is C22H31N5O3. The minimum atomic E-state index is -0.463. The number of rotatable bonds is 8. The average Bonchev–Trinajstić information content (AvgIpc) is 3.14. The van der Waals surface area contributed by atoms with Crippen LogP contribution in [0.5, 0.6) is 5.75 Å². The number of nitrogens with zero attached hydrogens (tertiary/aromatic N) is 4. The van der Waals surface area contributed by atoms with Crippen LogP contribution in [0.4, 0.5) is 0 Å². The van der Waals surface area contributed by atoms with Gasteiger partial charge in [-0.1, -0.05) is 12.1 Å². The van der Waals surface area contributed by atoms with Crippen molar-refractivity contribution in [2.45, 2.75) is 32.4 Å². The molecule has 3 rings (SSSR count). The number of piperazine rings is 1. The largest absolute Gasteiger partial charge is 0.496 e. The zero-order valence-electron chi connectivity index (χ0n) is 18.2. The van der Waals surface area contributed by atoms with Crippen molar-refractivity contribution in [3.63, 3.8) is 0 Å². The smallest absolute Gasteiger partial charge is 0.237 e. The Morgan fingerprint density at radius 2 is 2.17 bits per heavy atom. The van der Waals surface area contributed by atoms with Gasteiger partial charge in [0.1, 0.15) is 5.75 Å². The minimum absolute atomic E-state index is 0.0307. The fraction of sp³-hybridized carbons (Fsp3) is 0.500. The van der Waals surface area contributed by atoms with Crippen LogP contribution in [0.3, 0.4) is 0 Å². The van der Waals surface area contributed by atoms with Gasteiger partial charge in [-0.05, 0) is 36.1 Å². The van der Waals surface area contributed by atoms with Crippen molar-refractivity contribution < 1.29 is 14.3 Å². The number of carbonyl (C=O) groups excluding carboxylic acids is 2. The Hall–Kier alpha value is -2.87. The molecule has 2 amide bonds. The summed E-state index contributed by atoms with van der Waals surface area (Å²) in [4.78, 5) is 29.1. The second-order valence-corrected chi connectivity index (χ2v) is 7.87. The lowest BCUT2D eigenvalue weighted by molar-refractivity contribution is -0.138. The fourth-order valence-corrected chi connectivity index (χ4v) is 3.79. The number of amides is 2. The lowest BCUT2D eigenvalue weighted by Crippen LogP contribution is -2.56. The van der Waals surface area contributed by atoms with E-state index in [-0.39, 0.29) is 18.2 Å². The van der Waals surface area contributed by atoms with Gasteiger partial charge in [-0.2, -0.15) is 5.10 Å². The zero-order chi connectivity index (χ0) is 21.7. The van der Waals surface area contributed by atoms with Crippen LogP contribution in [-0.4, -0.2) is 71.2 Å². The summed E-state index contributed by atoms with van der Waals surface area (Å²) in [5.41, 5.74) is 3.24. The predicted molar refractivity (Wildman–Crippen MR) is 114 cm³/mol. The molecule has 0 saturated carbocycles. The van der Waals surface area contributed by atoms with E-state index in [9.17, 15) is 9.59 Å². The van der Waals surface area contributed by atoms with E-state index in [2.05, 4.69) is 21.4 Å². The van der Waals surface area contributed by atoms with Gasteiger partial charge in [0.25, 0.3) is 0 Å². The molecule has 1 aromatic carbocycles. The SMILES string of the molecule is COc1ccc(CN2CCNC(=O)C2CC(=O)N(C)CCc2cnn(C)c2)cc1C. The van der Waals surface area contributed by atoms with E-state index in [0.717, 1.165) is 28.9 Å². The molecule has 8 nitrogen and oxygen atoms in total. The van der Waals surface area contributed by atoms with Crippen molar-refractivity contribution >= 4 is 11.8 Å². The summed E-state index contributed by atoms with van der Waals surface area (Å²) in [6.07, 6.45) is 4.67. The number of ether oxygens (including phenoxy) is 1. The number of hydrogen-bond acceptors (Lipinski definition) is 5. The normalized spacial score (nSPS) is 16.9. The van der Waals surface area contributed by atoms with Crippen molar-refractivity contribution in [3.8, 4) is 5.75 Å². The van der Waals surface area contributed by atoms with Crippen LogP contribution in [0.15, 0.2) is 30.6 Å². The molecule has 0 aliphatic carbocycles. The molecule has 1 saturated heterocycles. The van der Waals surface area contributed by atoms with E-state index >= 15 is 0 Å². The van der Waals surface area contributed by atoms with Crippen LogP contribution >= 0.6 is 0 Å². The first-order valence-electron chi connectivity index (χ1n) is 10.2. The van der Waals surface area contributed by atoms with Crippen molar-refractivity contribution in [3.05, 3.63) is 47.3 Å². The molecule has 162 valence electrons. The van der Waals surface area contributed by atoms with E-state index in [1.165, 1.54) is 0 Å². The van der Waals surface area contributed by atoms with E-state index in [0.29, 0.717) is 26.2 Å². The lowest BCUT2D eigenvalue weighted by Gasteiger charge is -2.35. The number of aromatic nitrogens is 2. The molecular weight excluding hydrogens is 382 g/mol. The van der Waals surface area contributed by atoms with Crippen molar-refractivity contribution in [1.82, 2.24) is 24.9 Å². The highest BCUT2D eigenvalue weighted by Crippen LogP contribution is 2.21. The molecule has 0 radical (unpaired) electrons. The van der Waals surface area contributed by atoms with E-state index in [4.69, 9.17) is 4.74 Å². The number of hydrogen-bond donors (Lipinski definition) is 1. The summed E-state index contributed by atoms with van der Waals surface area (Å²) in [7, 11) is 5.32. The first kappa shape index (κ1) is 21.8. The summed E-state index contributed by atoms with van der Waals surface area (Å²) in [5, 5.41) is 7.06. The predicted octanol–water partition coefficient (Wildman–Crippen LogP) is 1.13. The van der Waals surface area contributed by atoms with Crippen LogP contribution < -0.4 is 10.1 Å². The monoisotopic (exact) mass is 413 g/mol. The van der Waals surface area contributed by atoms with Gasteiger partial charge < -0.3 is 15.0 Å². The minimum Gasteiger partial charge on any atom is -0.496 e. The molecule has 1 atom stereocenters. The highest BCUT2D eigenvalue weighted by Gasteiger charge is 2.32. The number of carbonyl (C=O) groups is 2. The molecule has 1 aliphatic rings. The first-order chi connectivity index (χ1) is 14.4.